The molecule has 2 N–H and O–H groups in total. The topological polar surface area (TPSA) is 84.9 Å². The number of carboxylic acid groups (broad SMARTS) is 1. The van der Waals surface area contributed by atoms with Crippen LogP contribution in [0.1, 0.15) is 44.9 Å². The van der Waals surface area contributed by atoms with Crippen LogP contribution in [0.25, 0.3) is 11.1 Å². The Morgan fingerprint density at radius 1 is 1.19 bits per heavy atom. The predicted octanol–water partition coefficient (Wildman–Crippen LogP) is 5.30. The third kappa shape index (κ3) is 3.88. The van der Waals surface area contributed by atoms with Crippen molar-refractivity contribution in [3.8, 4) is 22.6 Å². The maximum absolute atomic E-state index is 12.7. The van der Waals surface area contributed by atoms with E-state index < -0.39 is 5.97 Å². The summed E-state index contributed by atoms with van der Waals surface area (Å²) < 4.78 is 11.1. The van der Waals surface area contributed by atoms with E-state index in [9.17, 15) is 14.7 Å². The van der Waals surface area contributed by atoms with Gasteiger partial charge < -0.3 is 19.9 Å². The largest absolute Gasteiger partial charge is 0.493 e. The molecule has 160 valence electrons. The molecule has 2 heterocycles. The molecule has 0 saturated heterocycles. The van der Waals surface area contributed by atoms with Crippen molar-refractivity contribution in [2.75, 3.05) is 19.0 Å². The van der Waals surface area contributed by atoms with Gasteiger partial charge in [-0.3, -0.25) is 4.79 Å². The number of hydrogen-bond acceptors (Lipinski definition) is 5. The first-order valence-electron chi connectivity index (χ1n) is 10.0. The molecule has 0 radical (unpaired) electrons. The van der Waals surface area contributed by atoms with E-state index in [1.54, 1.807) is 7.11 Å². The van der Waals surface area contributed by atoms with Crippen LogP contribution in [0.2, 0.25) is 0 Å². The number of carbonyl (C=O) groups is 2. The summed E-state index contributed by atoms with van der Waals surface area (Å²) in [4.78, 5) is 25.8. The van der Waals surface area contributed by atoms with Gasteiger partial charge in [-0.05, 0) is 37.1 Å². The number of benzene rings is 2. The van der Waals surface area contributed by atoms with Crippen molar-refractivity contribution >= 4 is 28.9 Å². The molecule has 1 atom stereocenters. The molecule has 0 bridgehead atoms. The summed E-state index contributed by atoms with van der Waals surface area (Å²) in [6, 6.07) is 13.2. The Balaban J connectivity index is 1.88. The van der Waals surface area contributed by atoms with Crippen LogP contribution in [0.5, 0.6) is 11.5 Å². The fourth-order valence-electron chi connectivity index (χ4n) is 3.88. The van der Waals surface area contributed by atoms with Crippen LogP contribution in [0.3, 0.4) is 0 Å². The van der Waals surface area contributed by atoms with Crippen LogP contribution in [0.4, 0.5) is 5.69 Å². The fourth-order valence-corrected chi connectivity index (χ4v) is 5.13. The molecule has 2 aromatic carbocycles. The average molecular weight is 438 g/mol. The number of methoxy groups -OCH3 is 1. The third-order valence-corrected chi connectivity index (χ3v) is 6.62. The molecule has 0 fully saturated rings. The molecule has 0 spiro atoms. The zero-order valence-electron chi connectivity index (χ0n) is 17.5. The van der Waals surface area contributed by atoms with Gasteiger partial charge in [-0.15, -0.1) is 11.3 Å². The zero-order valence-corrected chi connectivity index (χ0v) is 18.3. The van der Waals surface area contributed by atoms with Crippen molar-refractivity contribution in [3.05, 3.63) is 63.3 Å². The van der Waals surface area contributed by atoms with Gasteiger partial charge in [0.05, 0.1) is 19.4 Å². The molecule has 0 aliphatic carbocycles. The van der Waals surface area contributed by atoms with Crippen molar-refractivity contribution in [2.24, 2.45) is 0 Å². The first-order valence-corrected chi connectivity index (χ1v) is 10.8. The maximum atomic E-state index is 12.7. The lowest BCUT2D eigenvalue weighted by Crippen LogP contribution is -2.22. The minimum Gasteiger partial charge on any atom is -0.493 e. The molecule has 1 amide bonds. The molecule has 0 saturated carbocycles. The number of hydrogen-bond donors (Lipinski definition) is 2. The van der Waals surface area contributed by atoms with E-state index in [0.717, 1.165) is 21.6 Å². The molecule has 6 nitrogen and oxygen atoms in total. The summed E-state index contributed by atoms with van der Waals surface area (Å²) >= 11 is 1.22. The van der Waals surface area contributed by atoms with Crippen LogP contribution in [0.15, 0.2) is 42.5 Å². The molecule has 7 heteroatoms. The third-order valence-electron chi connectivity index (χ3n) is 5.33. The van der Waals surface area contributed by atoms with Gasteiger partial charge in [0.1, 0.15) is 4.88 Å². The highest BCUT2D eigenvalue weighted by molar-refractivity contribution is 7.15. The van der Waals surface area contributed by atoms with Gasteiger partial charge in [0, 0.05) is 22.8 Å². The zero-order chi connectivity index (χ0) is 22.1. The lowest BCUT2D eigenvalue weighted by atomic mass is 9.88. The summed E-state index contributed by atoms with van der Waals surface area (Å²) in [6.45, 7) is 4.35. The van der Waals surface area contributed by atoms with Gasteiger partial charge in [0.2, 0.25) is 5.91 Å². The summed E-state index contributed by atoms with van der Waals surface area (Å²) in [5.74, 6) is -0.203. The first kappa shape index (κ1) is 20.9. The van der Waals surface area contributed by atoms with Crippen molar-refractivity contribution in [1.82, 2.24) is 0 Å². The molecule has 1 aliphatic rings. The van der Waals surface area contributed by atoms with Crippen LogP contribution >= 0.6 is 11.3 Å². The van der Waals surface area contributed by atoms with Gasteiger partial charge in [-0.2, -0.15) is 0 Å². The Hall–Kier alpha value is -3.32. The summed E-state index contributed by atoms with van der Waals surface area (Å²) in [5.41, 5.74) is 3.87. The first-order chi connectivity index (χ1) is 14.9. The van der Waals surface area contributed by atoms with Gasteiger partial charge in [0.15, 0.2) is 11.5 Å². The Labute approximate surface area is 184 Å². The highest BCUT2D eigenvalue weighted by Crippen LogP contribution is 2.50. The number of fused-ring (bicyclic) bond motifs is 1. The lowest BCUT2D eigenvalue weighted by molar-refractivity contribution is -0.116. The normalized spacial score (nSPS) is 15.2. The number of aromatic carboxylic acids is 1. The van der Waals surface area contributed by atoms with Crippen molar-refractivity contribution in [2.45, 2.75) is 26.2 Å². The second-order valence-corrected chi connectivity index (χ2v) is 8.42. The van der Waals surface area contributed by atoms with Crippen molar-refractivity contribution < 1.29 is 24.2 Å². The summed E-state index contributed by atoms with van der Waals surface area (Å²) in [6.07, 6.45) is 0.234. The molecular weight excluding hydrogens is 414 g/mol. The Kier molecular flexibility index (Phi) is 5.69. The molecule has 3 aromatic rings. The van der Waals surface area contributed by atoms with Crippen LogP contribution < -0.4 is 14.8 Å². The number of ether oxygens (including phenoxy) is 2. The smallest absolute Gasteiger partial charge is 0.346 e. The Bertz CT molecular complexity index is 1150. The van der Waals surface area contributed by atoms with Crippen LogP contribution in [0, 0.1) is 6.92 Å². The van der Waals surface area contributed by atoms with Crippen LogP contribution in [-0.2, 0) is 4.79 Å². The number of nitrogens with one attached hydrogen (secondary N) is 1. The number of anilines is 1. The number of amides is 1. The number of rotatable bonds is 6. The molecule has 1 aromatic heterocycles. The molecular formula is C24H23NO5S. The number of carbonyl (C=O) groups excluding carboxylic acids is 1. The summed E-state index contributed by atoms with van der Waals surface area (Å²) in [7, 11) is 1.58. The summed E-state index contributed by atoms with van der Waals surface area (Å²) in [5, 5.41) is 12.8. The van der Waals surface area contributed by atoms with E-state index in [1.165, 1.54) is 11.3 Å². The Morgan fingerprint density at radius 2 is 1.94 bits per heavy atom. The molecule has 0 unspecified atom stereocenters. The molecule has 4 rings (SSSR count). The number of carboxylic acids is 1. The highest BCUT2D eigenvalue weighted by atomic mass is 32.1. The van der Waals surface area contributed by atoms with E-state index in [0.29, 0.717) is 29.4 Å². The minimum atomic E-state index is -1.01. The Morgan fingerprint density at radius 3 is 2.58 bits per heavy atom. The second kappa shape index (κ2) is 8.43. The minimum absolute atomic E-state index is 0.144. The number of aryl methyl sites for hydroxylation is 1. The van der Waals surface area contributed by atoms with Gasteiger partial charge in [0.25, 0.3) is 0 Å². The van der Waals surface area contributed by atoms with Gasteiger partial charge in [-0.25, -0.2) is 4.79 Å². The van der Waals surface area contributed by atoms with E-state index in [-0.39, 0.29) is 23.1 Å². The predicted molar refractivity (Wildman–Crippen MR) is 121 cm³/mol. The van der Waals surface area contributed by atoms with Gasteiger partial charge in [-0.1, -0.05) is 35.9 Å². The van der Waals surface area contributed by atoms with E-state index >= 15 is 0 Å². The fraction of sp³-hybridized carbons (Fsp3) is 0.250. The SMILES string of the molecule is CCOc1cc([C@H]2CC(=O)Nc3c2sc(C(=O)O)c3-c2ccc(C)cc2)ccc1OC. The van der Waals surface area contributed by atoms with E-state index in [1.807, 2.05) is 56.3 Å². The quantitative estimate of drug-likeness (QED) is 0.546. The van der Waals surface area contributed by atoms with Gasteiger partial charge >= 0.3 is 5.97 Å². The highest BCUT2D eigenvalue weighted by Gasteiger charge is 2.34. The standard InChI is InChI=1S/C24H23NO5S/c1-4-30-18-11-15(9-10-17(18)29-3)16-12-19(26)25-21-20(14-7-5-13(2)6-8-14)23(24(27)28)31-22(16)21/h5-11,16H,4,12H2,1-3H3,(H,25,26)(H,27,28)/t16-/m1/s1. The monoisotopic (exact) mass is 437 g/mol. The van der Waals surface area contributed by atoms with Crippen LogP contribution in [-0.4, -0.2) is 30.7 Å². The average Bonchev–Trinajstić information content (AvgIpc) is 3.13. The van der Waals surface area contributed by atoms with Crippen molar-refractivity contribution in [1.29, 1.82) is 0 Å². The second-order valence-electron chi connectivity index (χ2n) is 7.36. The molecule has 31 heavy (non-hydrogen) atoms. The van der Waals surface area contributed by atoms with Crippen molar-refractivity contribution in [3.63, 3.8) is 0 Å². The van der Waals surface area contributed by atoms with E-state index in [2.05, 4.69) is 5.32 Å². The molecule has 1 aliphatic heterocycles. The number of thiophene rings is 1. The lowest BCUT2D eigenvalue weighted by Gasteiger charge is -2.24. The van der Waals surface area contributed by atoms with E-state index in [4.69, 9.17) is 9.47 Å². The maximum Gasteiger partial charge on any atom is 0.346 e.